The molecule has 3 unspecified atom stereocenters. The first-order chi connectivity index (χ1) is 13.3. The predicted molar refractivity (Wildman–Crippen MR) is 104 cm³/mol. The maximum atomic E-state index is 13.2. The van der Waals surface area contributed by atoms with Gasteiger partial charge in [0.1, 0.15) is 5.78 Å². The summed E-state index contributed by atoms with van der Waals surface area (Å²) < 4.78 is 24.1. The molecule has 0 radical (unpaired) electrons. The lowest BCUT2D eigenvalue weighted by Gasteiger charge is -2.57. The van der Waals surface area contributed by atoms with Crippen LogP contribution in [0.1, 0.15) is 72.1 Å². The van der Waals surface area contributed by atoms with Gasteiger partial charge in [0.2, 0.25) is 0 Å². The molecule has 5 heteroatoms. The molecule has 5 atom stereocenters. The molecule has 3 aliphatic carbocycles. The van der Waals surface area contributed by atoms with Gasteiger partial charge in [0.25, 0.3) is 0 Å². The molecule has 0 aromatic carbocycles. The summed E-state index contributed by atoms with van der Waals surface area (Å²) in [5.41, 5.74) is -0.161. The van der Waals surface area contributed by atoms with E-state index in [2.05, 4.69) is 13.8 Å². The van der Waals surface area contributed by atoms with E-state index in [0.717, 1.165) is 58.2 Å². The van der Waals surface area contributed by atoms with Gasteiger partial charge in [0.05, 0.1) is 26.4 Å². The number of carbonyl (C=O) groups is 1. The minimum absolute atomic E-state index is 0.0929. The van der Waals surface area contributed by atoms with Gasteiger partial charge in [-0.25, -0.2) is 0 Å². The van der Waals surface area contributed by atoms with Crippen LogP contribution >= 0.6 is 0 Å². The lowest BCUT2D eigenvalue weighted by atomic mass is 9.48. The van der Waals surface area contributed by atoms with Gasteiger partial charge in [-0.2, -0.15) is 0 Å². The second-order valence-electron chi connectivity index (χ2n) is 10.5. The van der Waals surface area contributed by atoms with Crippen LogP contribution in [-0.2, 0) is 23.7 Å². The third-order valence-electron chi connectivity index (χ3n) is 9.39. The van der Waals surface area contributed by atoms with Crippen molar-refractivity contribution in [3.05, 3.63) is 0 Å². The van der Waals surface area contributed by atoms with Crippen molar-refractivity contribution in [1.82, 2.24) is 0 Å². The largest absolute Gasteiger partial charge is 0.348 e. The minimum Gasteiger partial charge on any atom is -0.348 e. The normalized spacial score (nSPS) is 46.7. The molecule has 2 saturated heterocycles. The SMILES string of the molecule is CC1(CC[C@]2(C)C(=O)CCC3C2CC[C@]2(C)C3CCC23OCCO3)OCCO1. The Labute approximate surface area is 168 Å². The summed E-state index contributed by atoms with van der Waals surface area (Å²) in [5, 5.41) is 0. The third kappa shape index (κ3) is 2.62. The Morgan fingerprint density at radius 3 is 2.18 bits per heavy atom. The summed E-state index contributed by atoms with van der Waals surface area (Å²) in [7, 11) is 0. The molecule has 158 valence electrons. The first-order valence-electron chi connectivity index (χ1n) is 11.4. The van der Waals surface area contributed by atoms with E-state index in [9.17, 15) is 4.79 Å². The van der Waals surface area contributed by atoms with E-state index in [-0.39, 0.29) is 16.6 Å². The lowest BCUT2D eigenvalue weighted by molar-refractivity contribution is -0.243. The third-order valence-corrected chi connectivity index (χ3v) is 9.39. The summed E-state index contributed by atoms with van der Waals surface area (Å²) in [4.78, 5) is 13.2. The second kappa shape index (κ2) is 6.50. The Balaban J connectivity index is 1.38. The second-order valence-corrected chi connectivity index (χ2v) is 10.5. The van der Waals surface area contributed by atoms with Crippen molar-refractivity contribution < 1.29 is 23.7 Å². The fourth-order valence-electron chi connectivity index (χ4n) is 7.67. The van der Waals surface area contributed by atoms with Gasteiger partial charge in [0, 0.05) is 30.1 Å². The summed E-state index contributed by atoms with van der Waals surface area (Å²) in [6.07, 6.45) is 7.82. The Bertz CT molecular complexity index is 635. The monoisotopic (exact) mass is 392 g/mol. The average Bonchev–Trinajstić information content (AvgIpc) is 3.39. The topological polar surface area (TPSA) is 54.0 Å². The predicted octanol–water partition coefficient (Wildman–Crippen LogP) is 4.08. The molecule has 5 fully saturated rings. The van der Waals surface area contributed by atoms with E-state index >= 15 is 0 Å². The Morgan fingerprint density at radius 1 is 0.821 bits per heavy atom. The summed E-state index contributed by atoms with van der Waals surface area (Å²) in [5.74, 6) is 1.26. The van der Waals surface area contributed by atoms with Crippen LogP contribution < -0.4 is 0 Å². The number of hydrogen-bond donors (Lipinski definition) is 0. The Kier molecular flexibility index (Phi) is 4.52. The quantitative estimate of drug-likeness (QED) is 0.724. The van der Waals surface area contributed by atoms with E-state index in [1.54, 1.807) is 0 Å². The van der Waals surface area contributed by atoms with Gasteiger partial charge < -0.3 is 18.9 Å². The molecule has 2 aliphatic heterocycles. The van der Waals surface area contributed by atoms with Crippen LogP contribution in [0.3, 0.4) is 0 Å². The maximum Gasteiger partial charge on any atom is 0.174 e. The molecule has 3 saturated carbocycles. The number of rotatable bonds is 3. The number of fused-ring (bicyclic) bond motifs is 4. The zero-order chi connectivity index (χ0) is 19.6. The highest BCUT2D eigenvalue weighted by Gasteiger charge is 2.67. The van der Waals surface area contributed by atoms with Crippen molar-refractivity contribution in [1.29, 1.82) is 0 Å². The average molecular weight is 393 g/mol. The molecule has 5 aliphatic rings. The van der Waals surface area contributed by atoms with Crippen LogP contribution in [0, 0.1) is 28.6 Å². The van der Waals surface area contributed by atoms with Gasteiger partial charge in [-0.15, -0.1) is 0 Å². The standard InChI is InChI=1S/C23H36O5/c1-20(10-11-22(3)25-12-13-26-22)17-6-8-21(2)18(16(17)4-5-19(20)24)7-9-23(21)27-14-15-28-23/h16-18H,4-15H2,1-3H3/t16?,17?,18?,20-,21+/m0/s1. The molecule has 0 amide bonds. The molecule has 0 aromatic rings. The summed E-state index contributed by atoms with van der Waals surface area (Å²) >= 11 is 0. The van der Waals surface area contributed by atoms with Crippen LogP contribution in [0.2, 0.25) is 0 Å². The van der Waals surface area contributed by atoms with Crippen molar-refractivity contribution in [2.75, 3.05) is 26.4 Å². The van der Waals surface area contributed by atoms with Gasteiger partial charge in [-0.05, 0) is 56.8 Å². The first kappa shape index (κ1) is 19.5. The van der Waals surface area contributed by atoms with Crippen LogP contribution in [0.15, 0.2) is 0 Å². The van der Waals surface area contributed by atoms with Crippen LogP contribution in [-0.4, -0.2) is 43.8 Å². The highest BCUT2D eigenvalue weighted by atomic mass is 16.7. The summed E-state index contributed by atoms with van der Waals surface area (Å²) in [6.45, 7) is 9.45. The number of Topliss-reactive ketones (excluding diaryl/α,β-unsaturated/α-hetero) is 1. The molecule has 5 nitrogen and oxygen atoms in total. The van der Waals surface area contributed by atoms with E-state index in [0.29, 0.717) is 36.8 Å². The molecule has 0 bridgehead atoms. The first-order valence-corrected chi connectivity index (χ1v) is 11.4. The number of ether oxygens (including phenoxy) is 4. The molecule has 1 spiro atoms. The van der Waals surface area contributed by atoms with Gasteiger partial charge in [-0.1, -0.05) is 13.8 Å². The Hall–Kier alpha value is -0.490. The van der Waals surface area contributed by atoms with E-state index in [1.165, 1.54) is 6.42 Å². The van der Waals surface area contributed by atoms with Gasteiger partial charge >= 0.3 is 0 Å². The van der Waals surface area contributed by atoms with E-state index in [1.807, 2.05) is 6.92 Å². The molecule has 0 N–H and O–H groups in total. The van der Waals surface area contributed by atoms with Crippen molar-refractivity contribution in [2.45, 2.75) is 83.7 Å². The maximum absolute atomic E-state index is 13.2. The molecule has 0 aromatic heterocycles. The molecule has 5 rings (SSSR count). The number of carbonyl (C=O) groups excluding carboxylic acids is 1. The van der Waals surface area contributed by atoms with Crippen LogP contribution in [0.5, 0.6) is 0 Å². The number of ketones is 1. The molecular formula is C23H36O5. The zero-order valence-electron chi connectivity index (χ0n) is 17.8. The van der Waals surface area contributed by atoms with Gasteiger partial charge in [-0.3, -0.25) is 4.79 Å². The molecule has 28 heavy (non-hydrogen) atoms. The fraction of sp³-hybridized carbons (Fsp3) is 0.957. The Morgan fingerprint density at radius 2 is 1.46 bits per heavy atom. The molecular weight excluding hydrogens is 356 g/mol. The summed E-state index contributed by atoms with van der Waals surface area (Å²) in [6, 6.07) is 0. The van der Waals surface area contributed by atoms with Crippen LogP contribution in [0.4, 0.5) is 0 Å². The smallest absolute Gasteiger partial charge is 0.174 e. The van der Waals surface area contributed by atoms with Crippen molar-refractivity contribution >= 4 is 5.78 Å². The van der Waals surface area contributed by atoms with Crippen molar-refractivity contribution in [3.63, 3.8) is 0 Å². The van der Waals surface area contributed by atoms with Crippen LogP contribution in [0.25, 0.3) is 0 Å². The zero-order valence-corrected chi connectivity index (χ0v) is 17.8. The van der Waals surface area contributed by atoms with Gasteiger partial charge in [0.15, 0.2) is 11.6 Å². The van der Waals surface area contributed by atoms with Crippen molar-refractivity contribution in [2.24, 2.45) is 28.6 Å². The van der Waals surface area contributed by atoms with Crippen molar-refractivity contribution in [3.8, 4) is 0 Å². The number of hydrogen-bond acceptors (Lipinski definition) is 5. The van der Waals surface area contributed by atoms with E-state index < -0.39 is 5.79 Å². The minimum atomic E-state index is -0.512. The van der Waals surface area contributed by atoms with E-state index in [4.69, 9.17) is 18.9 Å². The molecule has 2 heterocycles. The highest BCUT2D eigenvalue weighted by molar-refractivity contribution is 5.85. The lowest BCUT2D eigenvalue weighted by Crippen LogP contribution is -2.56. The highest BCUT2D eigenvalue weighted by Crippen LogP contribution is 2.67. The fourth-order valence-corrected chi connectivity index (χ4v) is 7.67.